The molecule has 1 N–H and O–H groups in total. The molecule has 0 spiro atoms. The molecule has 0 amide bonds. The standard InChI is InChI=1S/C20H16N2O.BrH/c1-14-20-17(16-9-5-6-10-18(16)21-20)11-12-22(14)13-19(23)15-7-3-2-4-8-15;/h2-12H,13H2,1H3;1H. The van der Waals surface area contributed by atoms with Gasteiger partial charge in [-0.25, -0.2) is 0 Å². The molecule has 4 heteroatoms. The minimum atomic E-state index is 0. The van der Waals surface area contributed by atoms with E-state index in [4.69, 9.17) is 0 Å². The summed E-state index contributed by atoms with van der Waals surface area (Å²) in [5.41, 5.74) is 4.03. The molecule has 0 aliphatic carbocycles. The van der Waals surface area contributed by atoms with Crippen LogP contribution in [0.4, 0.5) is 0 Å². The van der Waals surface area contributed by atoms with Crippen molar-refractivity contribution in [1.29, 1.82) is 0 Å². The topological polar surface area (TPSA) is 36.7 Å². The number of halogens is 1. The smallest absolute Gasteiger partial charge is 0.227 e. The largest absolute Gasteiger partial charge is 1.00 e. The average molecular weight is 381 g/mol. The molecule has 0 unspecified atom stereocenters. The fourth-order valence-electron chi connectivity index (χ4n) is 3.08. The summed E-state index contributed by atoms with van der Waals surface area (Å²) in [4.78, 5) is 15.9. The highest BCUT2D eigenvalue weighted by Crippen LogP contribution is 2.25. The van der Waals surface area contributed by atoms with Crippen LogP contribution >= 0.6 is 0 Å². The molecule has 0 aliphatic heterocycles. The number of para-hydroxylation sites is 1. The Kier molecular flexibility index (Phi) is 4.49. The van der Waals surface area contributed by atoms with Crippen molar-refractivity contribution in [3.05, 3.63) is 78.1 Å². The lowest BCUT2D eigenvalue weighted by molar-refractivity contribution is -0.687. The van der Waals surface area contributed by atoms with Gasteiger partial charge in [-0.15, -0.1) is 0 Å². The molecule has 0 aliphatic rings. The number of hydrogen-bond donors (Lipinski definition) is 1. The quantitative estimate of drug-likeness (QED) is 0.414. The van der Waals surface area contributed by atoms with Crippen LogP contribution in [0.15, 0.2) is 66.9 Å². The molecule has 2 aromatic heterocycles. The molecule has 0 fully saturated rings. The Morgan fingerprint density at radius 3 is 2.46 bits per heavy atom. The van der Waals surface area contributed by atoms with Crippen molar-refractivity contribution >= 4 is 27.6 Å². The third-order valence-corrected chi connectivity index (χ3v) is 4.37. The first-order valence-corrected chi connectivity index (χ1v) is 7.72. The third-order valence-electron chi connectivity index (χ3n) is 4.37. The summed E-state index contributed by atoms with van der Waals surface area (Å²) in [6.45, 7) is 2.40. The van der Waals surface area contributed by atoms with Gasteiger partial charge in [-0.05, 0) is 6.07 Å². The van der Waals surface area contributed by atoms with E-state index in [2.05, 4.69) is 30.1 Å². The molecule has 4 aromatic rings. The van der Waals surface area contributed by atoms with Crippen LogP contribution in [0, 0.1) is 6.92 Å². The van der Waals surface area contributed by atoms with Crippen molar-refractivity contribution in [3.63, 3.8) is 0 Å². The molecule has 0 radical (unpaired) electrons. The first-order chi connectivity index (χ1) is 11.2. The number of ketones is 1. The molecule has 0 saturated heterocycles. The lowest BCUT2D eigenvalue weighted by Crippen LogP contribution is -3.00. The highest BCUT2D eigenvalue weighted by Gasteiger charge is 2.18. The summed E-state index contributed by atoms with van der Waals surface area (Å²) >= 11 is 0. The average Bonchev–Trinajstić information content (AvgIpc) is 2.98. The zero-order valence-electron chi connectivity index (χ0n) is 13.3. The summed E-state index contributed by atoms with van der Waals surface area (Å²) < 4.78 is 2.01. The number of Topliss-reactive ketones (excluding diaryl/α,β-unsaturated/α-hetero) is 1. The Labute approximate surface area is 150 Å². The number of aryl methyl sites for hydroxylation is 1. The number of pyridine rings is 1. The number of carbonyl (C=O) groups excluding carboxylic acids is 1. The zero-order chi connectivity index (χ0) is 15.8. The van der Waals surface area contributed by atoms with Crippen LogP contribution in [-0.2, 0) is 6.54 Å². The molecule has 24 heavy (non-hydrogen) atoms. The maximum Gasteiger partial charge on any atom is 0.227 e. The van der Waals surface area contributed by atoms with Crippen molar-refractivity contribution in [2.45, 2.75) is 13.5 Å². The van der Waals surface area contributed by atoms with Crippen molar-refractivity contribution in [1.82, 2.24) is 4.98 Å². The van der Waals surface area contributed by atoms with E-state index in [1.165, 1.54) is 10.8 Å². The maximum absolute atomic E-state index is 12.4. The molecule has 0 saturated carbocycles. The number of rotatable bonds is 3. The van der Waals surface area contributed by atoms with Gasteiger partial charge in [0, 0.05) is 34.8 Å². The van der Waals surface area contributed by atoms with Crippen LogP contribution in [0.1, 0.15) is 16.1 Å². The van der Waals surface area contributed by atoms with E-state index >= 15 is 0 Å². The van der Waals surface area contributed by atoms with Crippen LogP contribution in [-0.4, -0.2) is 10.8 Å². The minimum Gasteiger partial charge on any atom is -1.00 e. The molecule has 2 heterocycles. The van der Waals surface area contributed by atoms with Crippen molar-refractivity contribution in [3.8, 4) is 0 Å². The van der Waals surface area contributed by atoms with Gasteiger partial charge in [-0.3, -0.25) is 4.79 Å². The number of carbonyl (C=O) groups is 1. The molecule has 120 valence electrons. The van der Waals surface area contributed by atoms with Gasteiger partial charge in [0.05, 0.1) is 0 Å². The normalized spacial score (nSPS) is 10.7. The first kappa shape index (κ1) is 16.4. The number of nitrogens with zero attached hydrogens (tertiary/aromatic N) is 1. The summed E-state index contributed by atoms with van der Waals surface area (Å²) in [6.07, 6.45) is 2.00. The number of hydrogen-bond acceptors (Lipinski definition) is 1. The van der Waals surface area contributed by atoms with Crippen LogP contribution in [0.3, 0.4) is 0 Å². The Morgan fingerprint density at radius 2 is 1.67 bits per heavy atom. The fourth-order valence-corrected chi connectivity index (χ4v) is 3.08. The van der Waals surface area contributed by atoms with Gasteiger partial charge in [0.15, 0.2) is 6.20 Å². The predicted octanol–water partition coefficient (Wildman–Crippen LogP) is 0.804. The number of aromatic amines is 1. The number of H-pyrrole nitrogens is 1. The van der Waals surface area contributed by atoms with Crippen LogP contribution in [0.5, 0.6) is 0 Å². The second-order valence-corrected chi connectivity index (χ2v) is 5.78. The Bertz CT molecular complexity index is 1020. The van der Waals surface area contributed by atoms with E-state index in [1.54, 1.807) is 0 Å². The van der Waals surface area contributed by atoms with E-state index in [-0.39, 0.29) is 22.8 Å². The summed E-state index contributed by atoms with van der Waals surface area (Å²) in [5, 5.41) is 2.41. The van der Waals surface area contributed by atoms with Crippen molar-refractivity contribution in [2.24, 2.45) is 0 Å². The molecule has 3 nitrogen and oxygen atoms in total. The summed E-state index contributed by atoms with van der Waals surface area (Å²) in [7, 11) is 0. The van der Waals surface area contributed by atoms with Crippen LogP contribution in [0.25, 0.3) is 21.8 Å². The fraction of sp³-hybridized carbons (Fsp3) is 0.100. The molecular weight excluding hydrogens is 364 g/mol. The SMILES string of the molecule is Cc1c2[nH]c3ccccc3c2cc[n+]1CC(=O)c1ccccc1.[Br-]. The number of aromatic nitrogens is 2. The van der Waals surface area contributed by atoms with Gasteiger partial charge >= 0.3 is 0 Å². The molecule has 0 bridgehead atoms. The van der Waals surface area contributed by atoms with Gasteiger partial charge in [-0.2, -0.15) is 4.57 Å². The van der Waals surface area contributed by atoms with Gasteiger partial charge < -0.3 is 22.0 Å². The van der Waals surface area contributed by atoms with Gasteiger partial charge in [0.25, 0.3) is 0 Å². The molecular formula is C20H17BrN2O. The Hall–Kier alpha value is -2.46. The second-order valence-electron chi connectivity index (χ2n) is 5.78. The summed E-state index contributed by atoms with van der Waals surface area (Å²) in [6, 6.07) is 19.8. The van der Waals surface area contributed by atoms with Crippen molar-refractivity contribution in [2.75, 3.05) is 0 Å². The van der Waals surface area contributed by atoms with Gasteiger partial charge in [-0.1, -0.05) is 48.5 Å². The number of nitrogens with one attached hydrogen (secondary N) is 1. The highest BCUT2D eigenvalue weighted by molar-refractivity contribution is 6.07. The second kappa shape index (κ2) is 6.57. The lowest BCUT2D eigenvalue weighted by atomic mass is 10.1. The number of benzene rings is 2. The van der Waals surface area contributed by atoms with E-state index in [9.17, 15) is 4.79 Å². The predicted molar refractivity (Wildman–Crippen MR) is 91.5 cm³/mol. The Balaban J connectivity index is 0.00000169. The minimum absolute atomic E-state index is 0. The molecule has 0 atom stereocenters. The number of fused-ring (bicyclic) bond motifs is 3. The molecule has 2 aromatic carbocycles. The van der Waals surface area contributed by atoms with Gasteiger partial charge in [0.1, 0.15) is 5.52 Å². The third kappa shape index (κ3) is 2.74. The monoisotopic (exact) mass is 380 g/mol. The van der Waals surface area contributed by atoms with Crippen molar-refractivity contribution < 1.29 is 26.3 Å². The van der Waals surface area contributed by atoms with E-state index in [1.807, 2.05) is 53.2 Å². The van der Waals surface area contributed by atoms with E-state index in [0.717, 1.165) is 22.3 Å². The van der Waals surface area contributed by atoms with Crippen LogP contribution < -0.4 is 21.5 Å². The molecule has 4 rings (SSSR count). The maximum atomic E-state index is 12.4. The lowest BCUT2D eigenvalue weighted by Gasteiger charge is -2.02. The zero-order valence-corrected chi connectivity index (χ0v) is 14.9. The van der Waals surface area contributed by atoms with Crippen LogP contribution in [0.2, 0.25) is 0 Å². The van der Waals surface area contributed by atoms with E-state index in [0.29, 0.717) is 6.54 Å². The van der Waals surface area contributed by atoms with Gasteiger partial charge in [0.2, 0.25) is 18.0 Å². The summed E-state index contributed by atoms with van der Waals surface area (Å²) in [5.74, 6) is 0.120. The Morgan fingerprint density at radius 1 is 0.958 bits per heavy atom. The first-order valence-electron chi connectivity index (χ1n) is 7.72. The van der Waals surface area contributed by atoms with E-state index < -0.39 is 0 Å². The highest BCUT2D eigenvalue weighted by atomic mass is 79.9.